The van der Waals surface area contributed by atoms with Crippen LogP contribution in [0.1, 0.15) is 38.0 Å². The van der Waals surface area contributed by atoms with E-state index in [1.54, 1.807) is 13.2 Å². The number of hydrogen-bond acceptors (Lipinski definition) is 2. The zero-order chi connectivity index (χ0) is 9.97. The summed E-state index contributed by atoms with van der Waals surface area (Å²) in [5, 5.41) is 0. The monoisotopic (exact) mass is 193 g/mol. The number of amides is 1. The first-order valence-electron chi connectivity index (χ1n) is 5.09. The lowest BCUT2D eigenvalue weighted by atomic mass is 10.00. The van der Waals surface area contributed by atoms with Crippen molar-refractivity contribution in [2.45, 2.75) is 32.2 Å². The SMILES string of the molecule is CC(=O)N1CCCCC1c1ccco1. The van der Waals surface area contributed by atoms with E-state index in [9.17, 15) is 4.79 Å². The molecule has 1 amide bonds. The lowest BCUT2D eigenvalue weighted by Crippen LogP contribution is -2.36. The smallest absolute Gasteiger partial charge is 0.220 e. The Morgan fingerprint density at radius 1 is 1.57 bits per heavy atom. The van der Waals surface area contributed by atoms with Crippen LogP contribution in [-0.2, 0) is 4.79 Å². The number of nitrogens with zero attached hydrogens (tertiary/aromatic N) is 1. The summed E-state index contributed by atoms with van der Waals surface area (Å²) >= 11 is 0. The molecule has 1 saturated heterocycles. The summed E-state index contributed by atoms with van der Waals surface area (Å²) in [4.78, 5) is 13.3. The molecule has 0 bridgehead atoms. The molecule has 1 aromatic rings. The molecule has 0 aromatic carbocycles. The molecule has 76 valence electrons. The van der Waals surface area contributed by atoms with E-state index in [4.69, 9.17) is 4.42 Å². The summed E-state index contributed by atoms with van der Waals surface area (Å²) in [5.41, 5.74) is 0. The van der Waals surface area contributed by atoms with Gasteiger partial charge in [-0.3, -0.25) is 4.79 Å². The van der Waals surface area contributed by atoms with Crippen LogP contribution in [-0.4, -0.2) is 17.4 Å². The van der Waals surface area contributed by atoms with Crippen LogP contribution in [0.15, 0.2) is 22.8 Å². The molecular formula is C11H15NO2. The molecule has 3 nitrogen and oxygen atoms in total. The Bertz CT molecular complexity index is 305. The number of rotatable bonds is 1. The summed E-state index contributed by atoms with van der Waals surface area (Å²) in [6.45, 7) is 2.49. The number of hydrogen-bond donors (Lipinski definition) is 0. The van der Waals surface area contributed by atoms with E-state index in [-0.39, 0.29) is 11.9 Å². The predicted molar refractivity (Wildman–Crippen MR) is 52.7 cm³/mol. The highest BCUT2D eigenvalue weighted by molar-refractivity contribution is 5.73. The van der Waals surface area contributed by atoms with Crippen LogP contribution in [0.2, 0.25) is 0 Å². The quantitative estimate of drug-likeness (QED) is 0.686. The lowest BCUT2D eigenvalue weighted by molar-refractivity contribution is -0.133. The molecule has 1 unspecified atom stereocenters. The normalized spacial score (nSPS) is 22.4. The molecule has 1 fully saturated rings. The number of carbonyl (C=O) groups excluding carboxylic acids is 1. The van der Waals surface area contributed by atoms with Crippen molar-refractivity contribution in [2.75, 3.05) is 6.54 Å². The van der Waals surface area contributed by atoms with Gasteiger partial charge in [-0.1, -0.05) is 0 Å². The summed E-state index contributed by atoms with van der Waals surface area (Å²) in [5.74, 6) is 1.06. The third kappa shape index (κ3) is 1.67. The number of piperidine rings is 1. The third-order valence-electron chi connectivity index (χ3n) is 2.78. The fourth-order valence-corrected chi connectivity index (χ4v) is 2.09. The van der Waals surface area contributed by atoms with Crippen LogP contribution in [0.5, 0.6) is 0 Å². The Kier molecular flexibility index (Phi) is 2.57. The van der Waals surface area contributed by atoms with Crippen LogP contribution in [0.25, 0.3) is 0 Å². The van der Waals surface area contributed by atoms with Gasteiger partial charge in [0.2, 0.25) is 5.91 Å². The fourth-order valence-electron chi connectivity index (χ4n) is 2.09. The molecule has 1 aliphatic heterocycles. The van der Waals surface area contributed by atoms with Crippen molar-refractivity contribution in [3.63, 3.8) is 0 Å². The maximum Gasteiger partial charge on any atom is 0.220 e. The van der Waals surface area contributed by atoms with Gasteiger partial charge in [0.05, 0.1) is 12.3 Å². The van der Waals surface area contributed by atoms with Gasteiger partial charge < -0.3 is 9.32 Å². The Labute approximate surface area is 83.7 Å². The second-order valence-corrected chi connectivity index (χ2v) is 3.74. The highest BCUT2D eigenvalue weighted by Crippen LogP contribution is 2.30. The molecule has 2 rings (SSSR count). The fraction of sp³-hybridized carbons (Fsp3) is 0.545. The van der Waals surface area contributed by atoms with Crippen molar-refractivity contribution in [1.82, 2.24) is 4.90 Å². The van der Waals surface area contributed by atoms with E-state index in [2.05, 4.69) is 0 Å². The van der Waals surface area contributed by atoms with Crippen molar-refractivity contribution >= 4 is 5.91 Å². The average molecular weight is 193 g/mol. The minimum atomic E-state index is 0.145. The molecule has 0 N–H and O–H groups in total. The van der Waals surface area contributed by atoms with Gasteiger partial charge in [-0.2, -0.15) is 0 Å². The molecule has 1 atom stereocenters. The van der Waals surface area contributed by atoms with E-state index < -0.39 is 0 Å². The molecule has 1 aromatic heterocycles. The van der Waals surface area contributed by atoms with Gasteiger partial charge in [0.25, 0.3) is 0 Å². The van der Waals surface area contributed by atoms with Crippen molar-refractivity contribution in [3.8, 4) is 0 Å². The Hall–Kier alpha value is -1.25. The summed E-state index contributed by atoms with van der Waals surface area (Å²) in [7, 11) is 0. The average Bonchev–Trinajstić information content (AvgIpc) is 2.70. The Balaban J connectivity index is 2.18. The number of furan rings is 1. The van der Waals surface area contributed by atoms with Crippen LogP contribution in [0, 0.1) is 0 Å². The van der Waals surface area contributed by atoms with Crippen molar-refractivity contribution < 1.29 is 9.21 Å². The molecule has 0 spiro atoms. The van der Waals surface area contributed by atoms with Crippen molar-refractivity contribution in [2.24, 2.45) is 0 Å². The minimum absolute atomic E-state index is 0.145. The molecule has 1 aliphatic rings. The molecule has 0 radical (unpaired) electrons. The van der Waals surface area contributed by atoms with Gasteiger partial charge >= 0.3 is 0 Å². The van der Waals surface area contributed by atoms with Gasteiger partial charge in [-0.25, -0.2) is 0 Å². The zero-order valence-electron chi connectivity index (χ0n) is 8.40. The van der Waals surface area contributed by atoms with Gasteiger partial charge in [-0.15, -0.1) is 0 Å². The zero-order valence-corrected chi connectivity index (χ0v) is 8.40. The van der Waals surface area contributed by atoms with Crippen molar-refractivity contribution in [3.05, 3.63) is 24.2 Å². The Morgan fingerprint density at radius 2 is 2.43 bits per heavy atom. The third-order valence-corrected chi connectivity index (χ3v) is 2.78. The summed E-state index contributed by atoms with van der Waals surface area (Å²) < 4.78 is 5.36. The maximum absolute atomic E-state index is 11.4. The lowest BCUT2D eigenvalue weighted by Gasteiger charge is -2.33. The molecule has 14 heavy (non-hydrogen) atoms. The molecule has 3 heteroatoms. The van der Waals surface area contributed by atoms with E-state index >= 15 is 0 Å². The van der Waals surface area contributed by atoms with Gasteiger partial charge in [0.1, 0.15) is 5.76 Å². The van der Waals surface area contributed by atoms with E-state index in [1.165, 1.54) is 6.42 Å². The van der Waals surface area contributed by atoms with Gasteiger partial charge in [0, 0.05) is 13.5 Å². The van der Waals surface area contributed by atoms with Gasteiger partial charge in [0.15, 0.2) is 0 Å². The summed E-state index contributed by atoms with van der Waals surface area (Å²) in [6, 6.07) is 3.99. The largest absolute Gasteiger partial charge is 0.467 e. The van der Waals surface area contributed by atoms with Crippen LogP contribution < -0.4 is 0 Å². The minimum Gasteiger partial charge on any atom is -0.467 e. The van der Waals surface area contributed by atoms with E-state index in [0.29, 0.717) is 0 Å². The first kappa shape index (κ1) is 9.31. The standard InChI is InChI=1S/C11H15NO2/c1-9(13)12-7-3-2-5-10(12)11-6-4-8-14-11/h4,6,8,10H,2-3,5,7H2,1H3. The first-order valence-corrected chi connectivity index (χ1v) is 5.09. The topological polar surface area (TPSA) is 33.5 Å². The van der Waals surface area contributed by atoms with Crippen LogP contribution in [0.3, 0.4) is 0 Å². The highest BCUT2D eigenvalue weighted by Gasteiger charge is 2.27. The van der Waals surface area contributed by atoms with E-state index in [1.807, 2.05) is 17.0 Å². The maximum atomic E-state index is 11.4. The highest BCUT2D eigenvalue weighted by atomic mass is 16.3. The number of carbonyl (C=O) groups is 1. The van der Waals surface area contributed by atoms with Crippen LogP contribution in [0.4, 0.5) is 0 Å². The van der Waals surface area contributed by atoms with Crippen LogP contribution >= 0.6 is 0 Å². The number of likely N-dealkylation sites (tertiary alicyclic amines) is 1. The Morgan fingerprint density at radius 3 is 3.07 bits per heavy atom. The predicted octanol–water partition coefficient (Wildman–Crippen LogP) is 2.35. The second-order valence-electron chi connectivity index (χ2n) is 3.74. The summed E-state index contributed by atoms with van der Waals surface area (Å²) in [6.07, 6.45) is 4.97. The van der Waals surface area contributed by atoms with Gasteiger partial charge in [-0.05, 0) is 31.4 Å². The molecule has 0 saturated carbocycles. The molecule has 2 heterocycles. The molecule has 0 aliphatic carbocycles. The van der Waals surface area contributed by atoms with E-state index in [0.717, 1.165) is 25.1 Å². The second kappa shape index (κ2) is 3.86. The van der Waals surface area contributed by atoms with Crippen molar-refractivity contribution in [1.29, 1.82) is 0 Å². The molecular weight excluding hydrogens is 178 g/mol. The first-order chi connectivity index (χ1) is 6.79.